The van der Waals surface area contributed by atoms with Crippen molar-refractivity contribution in [2.45, 2.75) is 83.7 Å². The Hall–Kier alpha value is -2.12. The first-order chi connectivity index (χ1) is 12.3. The third kappa shape index (κ3) is 12.3. The van der Waals surface area contributed by atoms with Crippen LogP contribution in [0.2, 0.25) is 0 Å². The minimum absolute atomic E-state index is 0.169. The molecule has 150 valence electrons. The summed E-state index contributed by atoms with van der Waals surface area (Å²) < 4.78 is 4.55. The number of esters is 1. The minimum atomic E-state index is -1.00. The molecule has 0 aromatic rings. The molecule has 0 spiro atoms. The zero-order valence-electron chi connectivity index (χ0n) is 16.1. The summed E-state index contributed by atoms with van der Waals surface area (Å²) in [5, 5.41) is 5.26. The van der Waals surface area contributed by atoms with Crippen LogP contribution in [0.3, 0.4) is 0 Å². The number of nitrogens with one attached hydrogen (secondary N) is 2. The van der Waals surface area contributed by atoms with E-state index in [-0.39, 0.29) is 30.8 Å². The van der Waals surface area contributed by atoms with Crippen molar-refractivity contribution in [2.24, 2.45) is 5.73 Å². The van der Waals surface area contributed by atoms with Crippen LogP contribution in [-0.2, 0) is 23.9 Å². The summed E-state index contributed by atoms with van der Waals surface area (Å²) in [5.41, 5.74) is 5.18. The van der Waals surface area contributed by atoms with Gasteiger partial charge in [0, 0.05) is 18.9 Å². The Morgan fingerprint density at radius 2 is 1.65 bits per heavy atom. The van der Waals surface area contributed by atoms with Gasteiger partial charge in [-0.1, -0.05) is 32.6 Å². The highest BCUT2D eigenvalue weighted by atomic mass is 16.5. The average molecular weight is 371 g/mol. The molecule has 0 aromatic carbocycles. The molecule has 0 fully saturated rings. The van der Waals surface area contributed by atoms with Crippen LogP contribution in [-0.4, -0.2) is 42.9 Å². The SMILES string of the molecule is CCCCCCCC(=O)N[C@H](CC(N)=O)C(=O)N[C@@H](C)CCC(=O)OC. The normalized spacial score (nSPS) is 12.7. The molecule has 0 saturated carbocycles. The third-order valence-electron chi connectivity index (χ3n) is 3.96. The van der Waals surface area contributed by atoms with Crippen molar-refractivity contribution >= 4 is 23.7 Å². The van der Waals surface area contributed by atoms with Gasteiger partial charge in [-0.05, 0) is 19.8 Å². The highest BCUT2D eigenvalue weighted by Gasteiger charge is 2.24. The Labute approximate surface area is 155 Å². The zero-order chi connectivity index (χ0) is 19.9. The molecule has 8 heteroatoms. The lowest BCUT2D eigenvalue weighted by Gasteiger charge is -2.20. The molecule has 3 amide bonds. The van der Waals surface area contributed by atoms with E-state index in [9.17, 15) is 19.2 Å². The van der Waals surface area contributed by atoms with Crippen molar-refractivity contribution in [1.29, 1.82) is 0 Å². The fourth-order valence-electron chi connectivity index (χ4n) is 2.42. The molecule has 0 bridgehead atoms. The molecule has 0 aliphatic rings. The van der Waals surface area contributed by atoms with Gasteiger partial charge < -0.3 is 21.1 Å². The lowest BCUT2D eigenvalue weighted by molar-refractivity contribution is -0.141. The summed E-state index contributed by atoms with van der Waals surface area (Å²) in [7, 11) is 1.30. The van der Waals surface area contributed by atoms with Crippen LogP contribution in [0.5, 0.6) is 0 Å². The van der Waals surface area contributed by atoms with Gasteiger partial charge in [-0.3, -0.25) is 19.2 Å². The lowest BCUT2D eigenvalue weighted by Crippen LogP contribution is -2.50. The molecule has 26 heavy (non-hydrogen) atoms. The van der Waals surface area contributed by atoms with Crippen molar-refractivity contribution in [3.63, 3.8) is 0 Å². The number of methoxy groups -OCH3 is 1. The second kappa shape index (κ2) is 14.1. The summed E-state index contributed by atoms with van der Waals surface area (Å²) in [4.78, 5) is 46.6. The molecule has 0 saturated heterocycles. The number of rotatable bonds is 14. The standard InChI is InChI=1S/C18H33N3O5/c1-4-5-6-7-8-9-16(23)21-14(12-15(19)22)18(25)20-13(2)10-11-17(24)26-3/h13-14H,4-12H2,1-3H3,(H2,19,22)(H,20,25)(H,21,23)/t13-,14+/m0/s1. The zero-order valence-corrected chi connectivity index (χ0v) is 16.1. The van der Waals surface area contributed by atoms with Gasteiger partial charge in [-0.15, -0.1) is 0 Å². The van der Waals surface area contributed by atoms with E-state index in [1.165, 1.54) is 7.11 Å². The predicted octanol–water partition coefficient (Wildman–Crippen LogP) is 1.17. The van der Waals surface area contributed by atoms with Crippen LogP contribution in [0, 0.1) is 0 Å². The first kappa shape index (κ1) is 23.9. The Balaban J connectivity index is 4.43. The quantitative estimate of drug-likeness (QED) is 0.312. The number of hydrogen-bond donors (Lipinski definition) is 3. The summed E-state index contributed by atoms with van der Waals surface area (Å²) >= 11 is 0. The molecule has 0 unspecified atom stereocenters. The number of carbonyl (C=O) groups excluding carboxylic acids is 4. The molecule has 0 aliphatic carbocycles. The largest absolute Gasteiger partial charge is 0.469 e. The highest BCUT2D eigenvalue weighted by Crippen LogP contribution is 2.06. The molecule has 8 nitrogen and oxygen atoms in total. The number of nitrogens with two attached hydrogens (primary N) is 1. The predicted molar refractivity (Wildman–Crippen MR) is 98.0 cm³/mol. The molecule has 0 radical (unpaired) electrons. The fourth-order valence-corrected chi connectivity index (χ4v) is 2.42. The molecule has 2 atom stereocenters. The summed E-state index contributed by atoms with van der Waals surface area (Å²) in [6, 6.07) is -1.31. The van der Waals surface area contributed by atoms with E-state index >= 15 is 0 Å². The Morgan fingerprint density at radius 3 is 2.23 bits per heavy atom. The van der Waals surface area contributed by atoms with E-state index in [0.29, 0.717) is 12.8 Å². The first-order valence-electron chi connectivity index (χ1n) is 9.25. The molecule has 4 N–H and O–H groups in total. The molecule has 0 heterocycles. The van der Waals surface area contributed by atoms with Crippen LogP contribution in [0.25, 0.3) is 0 Å². The Morgan fingerprint density at radius 1 is 1.00 bits per heavy atom. The minimum Gasteiger partial charge on any atom is -0.469 e. The van der Waals surface area contributed by atoms with Gasteiger partial charge in [0.1, 0.15) is 6.04 Å². The average Bonchev–Trinajstić information content (AvgIpc) is 2.58. The first-order valence-corrected chi connectivity index (χ1v) is 9.25. The molecule has 0 rings (SSSR count). The summed E-state index contributed by atoms with van der Waals surface area (Å²) in [6.45, 7) is 3.85. The third-order valence-corrected chi connectivity index (χ3v) is 3.96. The topological polar surface area (TPSA) is 128 Å². The van der Waals surface area contributed by atoms with Crippen LogP contribution < -0.4 is 16.4 Å². The molecule has 0 aliphatic heterocycles. The van der Waals surface area contributed by atoms with Gasteiger partial charge in [0.15, 0.2) is 0 Å². The van der Waals surface area contributed by atoms with Crippen LogP contribution in [0.1, 0.15) is 71.6 Å². The summed E-state index contributed by atoms with van der Waals surface area (Å²) in [6.07, 6.45) is 5.65. The van der Waals surface area contributed by atoms with Crippen LogP contribution in [0.4, 0.5) is 0 Å². The molecular formula is C18H33N3O5. The maximum atomic E-state index is 12.3. The second-order valence-corrected chi connectivity index (χ2v) is 6.48. The number of ether oxygens (including phenoxy) is 1. The van der Waals surface area contributed by atoms with Gasteiger partial charge in [-0.2, -0.15) is 0 Å². The van der Waals surface area contributed by atoms with Crippen molar-refractivity contribution < 1.29 is 23.9 Å². The number of amides is 3. The van der Waals surface area contributed by atoms with Gasteiger partial charge >= 0.3 is 5.97 Å². The van der Waals surface area contributed by atoms with Crippen molar-refractivity contribution in [3.05, 3.63) is 0 Å². The van der Waals surface area contributed by atoms with Crippen molar-refractivity contribution in [3.8, 4) is 0 Å². The second-order valence-electron chi connectivity index (χ2n) is 6.48. The number of primary amides is 1. The monoisotopic (exact) mass is 371 g/mol. The van der Waals surface area contributed by atoms with Crippen LogP contribution in [0.15, 0.2) is 0 Å². The van der Waals surface area contributed by atoms with E-state index in [4.69, 9.17) is 5.73 Å². The van der Waals surface area contributed by atoms with Gasteiger partial charge in [0.2, 0.25) is 17.7 Å². The van der Waals surface area contributed by atoms with Crippen molar-refractivity contribution in [2.75, 3.05) is 7.11 Å². The van der Waals surface area contributed by atoms with E-state index in [1.54, 1.807) is 6.92 Å². The Kier molecular flexibility index (Phi) is 12.9. The maximum absolute atomic E-state index is 12.3. The Bertz CT molecular complexity index is 468. The smallest absolute Gasteiger partial charge is 0.305 e. The molecular weight excluding hydrogens is 338 g/mol. The maximum Gasteiger partial charge on any atom is 0.305 e. The number of unbranched alkanes of at least 4 members (excludes halogenated alkanes) is 4. The van der Waals surface area contributed by atoms with Gasteiger partial charge in [0.05, 0.1) is 13.5 Å². The number of hydrogen-bond acceptors (Lipinski definition) is 5. The number of carbonyl (C=O) groups is 4. The van der Waals surface area contributed by atoms with E-state index in [1.807, 2.05) is 0 Å². The highest BCUT2D eigenvalue weighted by molar-refractivity contribution is 5.91. The van der Waals surface area contributed by atoms with Crippen molar-refractivity contribution in [1.82, 2.24) is 10.6 Å². The van der Waals surface area contributed by atoms with Gasteiger partial charge in [0.25, 0.3) is 0 Å². The van der Waals surface area contributed by atoms with E-state index in [0.717, 1.165) is 32.1 Å². The molecule has 0 aromatic heterocycles. The fraction of sp³-hybridized carbons (Fsp3) is 0.778. The van der Waals surface area contributed by atoms with E-state index in [2.05, 4.69) is 22.3 Å². The van der Waals surface area contributed by atoms with Gasteiger partial charge in [-0.25, -0.2) is 0 Å². The van der Waals surface area contributed by atoms with Crippen LogP contribution >= 0.6 is 0 Å². The lowest BCUT2D eigenvalue weighted by atomic mass is 10.1. The summed E-state index contributed by atoms with van der Waals surface area (Å²) in [5.74, 6) is -1.79. The van der Waals surface area contributed by atoms with E-state index < -0.39 is 17.9 Å².